The van der Waals surface area contributed by atoms with E-state index < -0.39 is 49.4 Å². The first kappa shape index (κ1) is 29.8. The van der Waals surface area contributed by atoms with Gasteiger partial charge >= 0.3 is 29.7 Å². The lowest BCUT2D eigenvalue weighted by molar-refractivity contribution is -0.155. The first-order valence-corrected chi connectivity index (χ1v) is 15.1. The molecule has 10 nitrogen and oxygen atoms in total. The number of amides is 2. The van der Waals surface area contributed by atoms with Crippen LogP contribution in [0.5, 0.6) is 0 Å². The molecule has 194 valence electrons. The van der Waals surface area contributed by atoms with Gasteiger partial charge in [0.2, 0.25) is 0 Å². The molecule has 1 unspecified atom stereocenters. The van der Waals surface area contributed by atoms with E-state index in [1.807, 2.05) is 0 Å². The van der Waals surface area contributed by atoms with E-state index in [0.29, 0.717) is 5.56 Å². The molecule has 0 spiro atoms. The van der Waals surface area contributed by atoms with Crippen molar-refractivity contribution in [2.75, 3.05) is 18.5 Å². The van der Waals surface area contributed by atoms with Crippen molar-refractivity contribution in [3.05, 3.63) is 29.8 Å². The molecule has 0 saturated carbocycles. The molecule has 1 rings (SSSR count). The van der Waals surface area contributed by atoms with E-state index in [1.165, 1.54) is 19.1 Å². The van der Waals surface area contributed by atoms with E-state index in [0.717, 1.165) is 6.04 Å². The lowest BCUT2D eigenvalue weighted by Crippen LogP contribution is -2.45. The number of Topliss-reactive ketones (excluding diaryl/α,β-unsaturated/α-hetero) is 1. The monoisotopic (exact) mass is 508 g/mol. The van der Waals surface area contributed by atoms with Crippen LogP contribution in [0.4, 0.5) is 10.5 Å². The summed E-state index contributed by atoms with van der Waals surface area (Å²) in [6.07, 6.45) is -0.632. The van der Waals surface area contributed by atoms with Gasteiger partial charge in [0.25, 0.3) is 0 Å². The Labute approximate surface area is 207 Å². The minimum absolute atomic E-state index is 0.0222. The van der Waals surface area contributed by atoms with Gasteiger partial charge in [0.05, 0.1) is 13.2 Å². The molecule has 1 aromatic carbocycles. The zero-order chi connectivity index (χ0) is 26.8. The predicted octanol–water partition coefficient (Wildman–Crippen LogP) is 3.07. The number of esters is 2. The number of alkyl carbamates (subject to hydrolysis) is 1. The van der Waals surface area contributed by atoms with Gasteiger partial charge < -0.3 is 24.8 Å². The summed E-state index contributed by atoms with van der Waals surface area (Å²) in [5, 5.41) is 4.88. The highest BCUT2D eigenvalue weighted by Crippen LogP contribution is 2.14. The Morgan fingerprint density at radius 3 is 2.09 bits per heavy atom. The van der Waals surface area contributed by atoms with Crippen molar-refractivity contribution in [2.45, 2.75) is 71.4 Å². The molecule has 0 aromatic heterocycles. The lowest BCUT2D eigenvalue weighted by atomic mass is 10.1. The summed E-state index contributed by atoms with van der Waals surface area (Å²) in [5.41, 5.74) is 0.186. The van der Waals surface area contributed by atoms with Gasteiger partial charge in [-0.1, -0.05) is 31.8 Å². The second kappa shape index (κ2) is 13.0. The summed E-state index contributed by atoms with van der Waals surface area (Å²) >= 11 is 0. The second-order valence-electron chi connectivity index (χ2n) is 10.1. The molecule has 1 atom stereocenters. The van der Waals surface area contributed by atoms with E-state index in [4.69, 9.17) is 9.47 Å². The molecule has 0 aliphatic rings. The van der Waals surface area contributed by atoms with Crippen molar-refractivity contribution in [3.8, 4) is 0 Å². The van der Waals surface area contributed by atoms with Crippen molar-refractivity contribution < 1.29 is 38.2 Å². The molecule has 0 aliphatic carbocycles. The van der Waals surface area contributed by atoms with Gasteiger partial charge in [0.1, 0.15) is 11.6 Å². The third-order valence-electron chi connectivity index (χ3n) is 4.39. The summed E-state index contributed by atoms with van der Waals surface area (Å²) < 4.78 is 15.2. The molecule has 2 amide bonds. The number of hydrogen-bond acceptors (Lipinski definition) is 8. The van der Waals surface area contributed by atoms with E-state index in [1.54, 1.807) is 32.9 Å². The number of benzene rings is 1. The highest BCUT2D eigenvalue weighted by atomic mass is 28.3. The standard InChI is InChI=1S/C24H36N2O8Si/c1-8-32-22(30)19(27)20(28)25-17-11-9-16(10-12-17)15-18(26-23(31)34-24(2,3)4)21(29)33-13-14-35(5,6)7/h9-12,18H,8,13-15H2,1-7H3,(H,25,28)(H,26,31). The molecular weight excluding hydrogens is 472 g/mol. The van der Waals surface area contributed by atoms with Gasteiger partial charge in [0.15, 0.2) is 0 Å². The molecule has 0 saturated heterocycles. The van der Waals surface area contributed by atoms with E-state index in [9.17, 15) is 24.0 Å². The Morgan fingerprint density at radius 2 is 1.57 bits per heavy atom. The van der Waals surface area contributed by atoms with Crippen molar-refractivity contribution >= 4 is 43.5 Å². The molecular formula is C24H36N2O8Si. The van der Waals surface area contributed by atoms with Crippen LogP contribution in [-0.4, -0.2) is 62.7 Å². The zero-order valence-electron chi connectivity index (χ0n) is 21.5. The van der Waals surface area contributed by atoms with Gasteiger partial charge in [-0.3, -0.25) is 9.59 Å². The Balaban J connectivity index is 2.88. The first-order chi connectivity index (χ1) is 16.1. The van der Waals surface area contributed by atoms with Crippen LogP contribution < -0.4 is 10.6 Å². The van der Waals surface area contributed by atoms with Crippen molar-refractivity contribution in [2.24, 2.45) is 0 Å². The molecule has 11 heteroatoms. The van der Waals surface area contributed by atoms with Crippen LogP contribution in [-0.2, 0) is 39.8 Å². The Hall–Kier alpha value is -3.21. The number of carbonyl (C=O) groups excluding carboxylic acids is 5. The predicted molar refractivity (Wildman–Crippen MR) is 133 cm³/mol. The topological polar surface area (TPSA) is 137 Å². The van der Waals surface area contributed by atoms with Crippen LogP contribution in [0.25, 0.3) is 0 Å². The van der Waals surface area contributed by atoms with Crippen molar-refractivity contribution in [1.29, 1.82) is 0 Å². The molecule has 0 aliphatic heterocycles. The highest BCUT2D eigenvalue weighted by Gasteiger charge is 2.27. The van der Waals surface area contributed by atoms with Gasteiger partial charge in [-0.25, -0.2) is 14.4 Å². The molecule has 35 heavy (non-hydrogen) atoms. The van der Waals surface area contributed by atoms with Gasteiger partial charge in [0, 0.05) is 20.2 Å². The van der Waals surface area contributed by atoms with Gasteiger partial charge in [-0.15, -0.1) is 0 Å². The number of hydrogen-bond donors (Lipinski definition) is 2. The van der Waals surface area contributed by atoms with Crippen LogP contribution >= 0.6 is 0 Å². The second-order valence-corrected chi connectivity index (χ2v) is 15.7. The number of ether oxygens (including phenoxy) is 3. The fourth-order valence-electron chi connectivity index (χ4n) is 2.64. The maximum Gasteiger partial charge on any atom is 0.408 e. The molecule has 2 N–H and O–H groups in total. The fraction of sp³-hybridized carbons (Fsp3) is 0.542. The quantitative estimate of drug-likeness (QED) is 0.153. The van der Waals surface area contributed by atoms with Crippen LogP contribution in [0, 0.1) is 0 Å². The molecule has 0 fully saturated rings. The molecule has 0 bridgehead atoms. The Bertz CT molecular complexity index is 917. The molecule has 0 radical (unpaired) electrons. The lowest BCUT2D eigenvalue weighted by Gasteiger charge is -2.23. The van der Waals surface area contributed by atoms with Crippen LogP contribution in [0.3, 0.4) is 0 Å². The number of rotatable bonds is 11. The average Bonchev–Trinajstić information content (AvgIpc) is 2.71. The fourth-order valence-corrected chi connectivity index (χ4v) is 3.35. The van der Waals surface area contributed by atoms with Crippen LogP contribution in [0.2, 0.25) is 25.7 Å². The number of anilines is 1. The van der Waals surface area contributed by atoms with E-state index >= 15 is 0 Å². The molecule has 0 heterocycles. The summed E-state index contributed by atoms with van der Waals surface area (Å²) in [7, 11) is -1.41. The largest absolute Gasteiger partial charge is 0.464 e. The third-order valence-corrected chi connectivity index (χ3v) is 6.09. The minimum Gasteiger partial charge on any atom is -0.464 e. The number of carbonyl (C=O) groups is 5. The third kappa shape index (κ3) is 12.2. The van der Waals surface area contributed by atoms with E-state index in [2.05, 4.69) is 35.0 Å². The normalized spacial score (nSPS) is 12.2. The summed E-state index contributed by atoms with van der Waals surface area (Å²) in [6.45, 7) is 13.4. The van der Waals surface area contributed by atoms with E-state index in [-0.39, 0.29) is 25.3 Å². The number of nitrogens with one attached hydrogen (secondary N) is 2. The zero-order valence-corrected chi connectivity index (χ0v) is 22.5. The van der Waals surface area contributed by atoms with Gasteiger partial charge in [-0.2, -0.15) is 0 Å². The Morgan fingerprint density at radius 1 is 0.971 bits per heavy atom. The van der Waals surface area contributed by atoms with Crippen LogP contribution in [0.1, 0.15) is 33.3 Å². The molecule has 1 aromatic rings. The van der Waals surface area contributed by atoms with Crippen LogP contribution in [0.15, 0.2) is 24.3 Å². The maximum absolute atomic E-state index is 12.7. The first-order valence-electron chi connectivity index (χ1n) is 11.4. The summed E-state index contributed by atoms with van der Waals surface area (Å²) in [5.74, 6) is -4.23. The average molecular weight is 509 g/mol. The maximum atomic E-state index is 12.7. The summed E-state index contributed by atoms with van der Waals surface area (Å²) in [4.78, 5) is 60.0. The highest BCUT2D eigenvalue weighted by molar-refractivity contribution is 6.76. The van der Waals surface area contributed by atoms with Gasteiger partial charge in [-0.05, 0) is 51.4 Å². The van der Waals surface area contributed by atoms with Crippen molar-refractivity contribution in [1.82, 2.24) is 5.32 Å². The minimum atomic E-state index is -1.41. The number of ketones is 1. The summed E-state index contributed by atoms with van der Waals surface area (Å²) in [6, 6.07) is 6.04. The Kier molecular flexibility index (Phi) is 11.1. The SMILES string of the molecule is CCOC(=O)C(=O)C(=O)Nc1ccc(CC(NC(=O)OC(C)(C)C)C(=O)OCC[Si](C)(C)C)cc1. The van der Waals surface area contributed by atoms with Crippen molar-refractivity contribution in [3.63, 3.8) is 0 Å². The smallest absolute Gasteiger partial charge is 0.408 e.